The Morgan fingerprint density at radius 1 is 0.241 bits per heavy atom. The average Bonchev–Trinajstić information content (AvgIpc) is 0.873. The summed E-state index contributed by atoms with van der Waals surface area (Å²) in [6, 6.07) is 106. The van der Waals surface area contributed by atoms with Crippen molar-refractivity contribution >= 4 is 13.3 Å². The molecule has 108 heavy (non-hydrogen) atoms. The molecule has 0 amide bonds. The molecule has 5 heteroatoms. The van der Waals surface area contributed by atoms with E-state index in [1.54, 1.807) is 41.6 Å². The highest BCUT2D eigenvalue weighted by atomic mass is 28.3. The van der Waals surface area contributed by atoms with Gasteiger partial charge >= 0.3 is 0 Å². The van der Waals surface area contributed by atoms with Crippen LogP contribution in [0.1, 0.15) is 98.7 Å². The Morgan fingerprint density at radius 3 is 1.02 bits per heavy atom. The lowest BCUT2D eigenvalue weighted by Gasteiger charge is -2.18. The number of pyridine rings is 1. The van der Waals surface area contributed by atoms with Gasteiger partial charge < -0.3 is 0 Å². The number of aryl methyl sites for hydroxylation is 13. The van der Waals surface area contributed by atoms with Gasteiger partial charge in [0.15, 0.2) is 0 Å². The number of hydrogen-bond donors (Lipinski definition) is 0. The lowest BCUT2D eigenvalue weighted by atomic mass is 9.87. The van der Waals surface area contributed by atoms with Gasteiger partial charge in [0.05, 0.1) is 8.07 Å². The highest BCUT2D eigenvalue weighted by Crippen LogP contribution is 2.27. The lowest BCUT2D eigenvalue weighted by Crippen LogP contribution is -2.37. The van der Waals surface area contributed by atoms with Crippen LogP contribution in [0, 0.1) is 107 Å². The summed E-state index contributed by atoms with van der Waals surface area (Å²) in [7, 11) is -1.06. The Labute approximate surface area is 648 Å². The van der Waals surface area contributed by atoms with Gasteiger partial charge in [0.1, 0.15) is 17.5 Å². The Hall–Kier alpha value is -11.0. The zero-order valence-corrected chi connectivity index (χ0v) is 68.3. The van der Waals surface area contributed by atoms with Crippen LogP contribution in [0.5, 0.6) is 0 Å². The summed E-state index contributed by atoms with van der Waals surface area (Å²) in [5.74, 6) is -0.555. The molecule has 0 saturated heterocycles. The molecule has 0 fully saturated rings. The first-order valence-corrected chi connectivity index (χ1v) is 40.7. The fraction of sp³-hybridized carbons (Fsp3) is 0.194. The monoisotopic (exact) mass is 1450 g/mol. The van der Waals surface area contributed by atoms with Crippen LogP contribution in [0.3, 0.4) is 0 Å². The van der Waals surface area contributed by atoms with Crippen LogP contribution in [0.4, 0.5) is 13.2 Å². The molecular weight excluding hydrogens is 1340 g/mol. The summed E-state index contributed by atoms with van der Waals surface area (Å²) in [5, 5.41) is 1.54. The second-order valence-corrected chi connectivity index (χ2v) is 34.9. The Morgan fingerprint density at radius 2 is 0.583 bits per heavy atom. The second kappa shape index (κ2) is 43.6. The second-order valence-electron chi connectivity index (χ2n) is 29.8. The minimum absolute atomic E-state index is 0.170. The van der Waals surface area contributed by atoms with E-state index in [2.05, 4.69) is 291 Å². The van der Waals surface area contributed by atoms with Crippen molar-refractivity contribution in [2.45, 2.75) is 136 Å². The highest BCUT2D eigenvalue weighted by molar-refractivity contribution is 6.88. The number of nitrogens with zero attached hydrogens (tertiary/aromatic N) is 1. The third kappa shape index (κ3) is 30.8. The van der Waals surface area contributed by atoms with Crippen molar-refractivity contribution in [3.8, 4) is 55.6 Å². The van der Waals surface area contributed by atoms with Crippen LogP contribution in [0.25, 0.3) is 55.6 Å². The van der Waals surface area contributed by atoms with E-state index in [1.165, 1.54) is 124 Å². The summed E-state index contributed by atoms with van der Waals surface area (Å²) < 4.78 is 39.0. The van der Waals surface area contributed by atoms with Crippen molar-refractivity contribution < 1.29 is 13.2 Å². The van der Waals surface area contributed by atoms with Crippen LogP contribution in [-0.2, 0) is 5.41 Å². The molecule has 1 nitrogen and oxygen atoms in total. The van der Waals surface area contributed by atoms with Gasteiger partial charge in [-0.2, -0.15) is 0 Å². The fourth-order valence-electron chi connectivity index (χ4n) is 10.8. The third-order valence-electron chi connectivity index (χ3n) is 18.1. The van der Waals surface area contributed by atoms with E-state index in [1.807, 2.05) is 117 Å². The molecule has 0 radical (unpaired) electrons. The van der Waals surface area contributed by atoms with E-state index in [9.17, 15) is 13.2 Å². The molecule has 1 aromatic heterocycles. The van der Waals surface area contributed by atoms with E-state index in [-0.39, 0.29) is 22.9 Å². The van der Waals surface area contributed by atoms with Crippen molar-refractivity contribution in [2.75, 3.05) is 0 Å². The minimum Gasteiger partial charge on any atom is -0.265 e. The maximum Gasteiger partial charge on any atom is 0.131 e. The standard InChI is InChI=1S/C14H14.3C13H11F.C12H11N.C11H16.C10H16Si.C9H12.C8H10/c1-11-8-9-14(10-12(11)2)13-6-4-3-5-7-13;1-10-2-4-11(5-3-10)12-6-8-13(14)9-7-12;1-10-5-7-11(8-6-10)12-3-2-4-13(14)9-12;1-10-6-8-11(9-7-10)12-4-2-3-5-13(12)14;1-10-4-2-3-5-12(10)11-6-8-13-9-7-11;2*1-9-5-7-10(8-6-9)11(2,3)4;1-7-4-5-8(2)9(3)6-7;1-7-3-5-8(2)6-4-7/h3-10H,1-2H3;3*2-9H,1H3;2-9H,1H3;2*5-8H,1-4H3;4-6H,1-3H3;3-6H,1-2H3. The molecule has 0 aliphatic rings. The Kier molecular flexibility index (Phi) is 34.7. The summed E-state index contributed by atoms with van der Waals surface area (Å²) in [4.78, 5) is 4.00. The van der Waals surface area contributed by atoms with Crippen molar-refractivity contribution in [1.29, 1.82) is 0 Å². The predicted molar refractivity (Wildman–Crippen MR) is 466 cm³/mol. The maximum absolute atomic E-state index is 13.4. The molecule has 0 atom stereocenters. The maximum atomic E-state index is 13.4. The van der Waals surface area contributed by atoms with Crippen LogP contribution in [0.2, 0.25) is 19.6 Å². The molecule has 0 aliphatic heterocycles. The predicted octanol–water partition coefficient (Wildman–Crippen LogP) is 29.2. The quantitative estimate of drug-likeness (QED) is 0.151. The van der Waals surface area contributed by atoms with Gasteiger partial charge in [0.2, 0.25) is 0 Å². The van der Waals surface area contributed by atoms with E-state index in [0.717, 1.165) is 27.8 Å². The number of aromatic nitrogens is 1. The first kappa shape index (κ1) is 85.9. The van der Waals surface area contributed by atoms with Gasteiger partial charge in [-0.1, -0.05) is 369 Å². The molecule has 13 aromatic carbocycles. The van der Waals surface area contributed by atoms with Crippen molar-refractivity contribution in [3.63, 3.8) is 0 Å². The van der Waals surface area contributed by atoms with Crippen molar-refractivity contribution in [3.05, 3.63) is 429 Å². The topological polar surface area (TPSA) is 12.9 Å². The smallest absolute Gasteiger partial charge is 0.131 e. The van der Waals surface area contributed by atoms with E-state index in [4.69, 9.17) is 0 Å². The van der Waals surface area contributed by atoms with E-state index >= 15 is 0 Å². The first-order chi connectivity index (χ1) is 51.4. The Balaban J connectivity index is 0.000000191. The molecule has 0 saturated carbocycles. The van der Waals surface area contributed by atoms with E-state index in [0.29, 0.717) is 5.56 Å². The third-order valence-corrected chi connectivity index (χ3v) is 20.2. The fourth-order valence-corrected chi connectivity index (χ4v) is 12.0. The van der Waals surface area contributed by atoms with Gasteiger partial charge in [-0.15, -0.1) is 0 Å². The van der Waals surface area contributed by atoms with Crippen LogP contribution < -0.4 is 5.19 Å². The summed E-state index contributed by atoms with van der Waals surface area (Å²) in [5.41, 5.74) is 29.6. The molecule has 0 bridgehead atoms. The van der Waals surface area contributed by atoms with Crippen LogP contribution in [0.15, 0.2) is 334 Å². The first-order valence-electron chi connectivity index (χ1n) is 37.2. The zero-order chi connectivity index (χ0) is 78.8. The van der Waals surface area contributed by atoms with Crippen LogP contribution in [-0.4, -0.2) is 13.1 Å². The molecule has 0 N–H and O–H groups in total. The Bertz CT molecular complexity index is 4780. The molecule has 1 heterocycles. The van der Waals surface area contributed by atoms with Crippen molar-refractivity contribution in [2.24, 2.45) is 0 Å². The van der Waals surface area contributed by atoms with Gasteiger partial charge in [-0.3, -0.25) is 4.98 Å². The number of rotatable bonds is 6. The lowest BCUT2D eigenvalue weighted by molar-refractivity contribution is 0.590. The largest absolute Gasteiger partial charge is 0.265 e. The highest BCUT2D eigenvalue weighted by Gasteiger charge is 2.15. The summed E-state index contributed by atoms with van der Waals surface area (Å²) in [6.07, 6.45) is 3.64. The zero-order valence-electron chi connectivity index (χ0n) is 67.3. The summed E-state index contributed by atoms with van der Waals surface area (Å²) in [6.45, 7) is 41.2. The van der Waals surface area contributed by atoms with Crippen LogP contribution >= 0.6 is 0 Å². The van der Waals surface area contributed by atoms with Gasteiger partial charge in [0, 0.05) is 18.0 Å². The van der Waals surface area contributed by atoms with E-state index < -0.39 is 8.07 Å². The molecular formula is C103H112F3NSi. The molecule has 0 unspecified atom stereocenters. The molecule has 554 valence electrons. The average molecular weight is 1450 g/mol. The summed E-state index contributed by atoms with van der Waals surface area (Å²) >= 11 is 0. The van der Waals surface area contributed by atoms with Gasteiger partial charge in [-0.05, 0) is 221 Å². The minimum atomic E-state index is -1.06. The van der Waals surface area contributed by atoms with Gasteiger partial charge in [0.25, 0.3) is 0 Å². The molecule has 0 spiro atoms. The molecule has 14 rings (SSSR count). The van der Waals surface area contributed by atoms with Crippen molar-refractivity contribution in [1.82, 2.24) is 4.98 Å². The van der Waals surface area contributed by atoms with Gasteiger partial charge in [-0.25, -0.2) is 13.2 Å². The normalized spacial score (nSPS) is 10.3. The molecule has 14 aromatic rings. The SMILES string of the molecule is Cc1ccc(-c2ccc(F)cc2)cc1.Cc1ccc(-c2cccc(F)c2)cc1.Cc1ccc(-c2ccccc2)cc1C.Cc1ccc(-c2ccccc2F)cc1.Cc1ccc(C(C)(C)C)cc1.Cc1ccc(C)c(C)c1.Cc1ccc(C)cc1.Cc1ccc([Si](C)(C)C)cc1.Cc1ccccc1-c1ccncc1. The number of hydrogen-bond acceptors (Lipinski definition) is 1. The number of benzene rings is 13. The molecule has 0 aliphatic carbocycles. The number of halogens is 3.